The Hall–Kier alpha value is -0.420. The number of rotatable bonds is 1. The predicted octanol–water partition coefficient (Wildman–Crippen LogP) is 0.625. The van der Waals surface area contributed by atoms with Crippen LogP contribution in [-0.2, 0) is 4.79 Å². The maximum Gasteiger partial charge on any atom is 0.251 e. The molecule has 1 aliphatic heterocycles. The molecule has 0 aromatic rings. The van der Waals surface area contributed by atoms with Gasteiger partial charge in [-0.1, -0.05) is 0 Å². The largest absolute Gasteiger partial charge is 0.341 e. The summed E-state index contributed by atoms with van der Waals surface area (Å²) in [4.78, 5) is 12.3. The summed E-state index contributed by atoms with van der Waals surface area (Å²) in [6.45, 7) is 0.164. The van der Waals surface area contributed by atoms with E-state index in [4.69, 9.17) is 5.73 Å². The maximum atomic E-state index is 12.6. The first-order chi connectivity index (χ1) is 5.55. The van der Waals surface area contributed by atoms with E-state index in [1.807, 2.05) is 0 Å². The fourth-order valence-corrected chi connectivity index (χ4v) is 1.21. The Morgan fingerprint density at radius 1 is 1.38 bits per heavy atom. The number of nitrogens with zero attached hydrogens (tertiary/aromatic N) is 1. The molecular formula is C7H13ClF2N2O. The monoisotopic (exact) mass is 214 g/mol. The van der Waals surface area contributed by atoms with Gasteiger partial charge in [0, 0.05) is 25.9 Å². The quantitative estimate of drug-likeness (QED) is 0.696. The highest BCUT2D eigenvalue weighted by molar-refractivity contribution is 5.85. The first kappa shape index (κ1) is 12.6. The number of nitrogens with two attached hydrogens (primary N) is 1. The average Bonchev–Trinajstić information content (AvgIpc) is 2.03. The fourth-order valence-electron chi connectivity index (χ4n) is 1.21. The molecule has 1 amide bonds. The van der Waals surface area contributed by atoms with Crippen molar-refractivity contribution in [1.29, 1.82) is 0 Å². The summed E-state index contributed by atoms with van der Waals surface area (Å²) in [5.74, 6) is -2.84. The Labute approximate surface area is 81.7 Å². The van der Waals surface area contributed by atoms with Crippen molar-refractivity contribution >= 4 is 18.3 Å². The van der Waals surface area contributed by atoms with Crippen molar-refractivity contribution in [2.24, 2.45) is 5.73 Å². The standard InChI is InChI=1S/C7H12F2N2O.ClH/c8-7(9)1-3-11(4-2-7)6(12)5-10;/h1-5,10H2;1H. The van der Waals surface area contributed by atoms with Crippen LogP contribution in [0.3, 0.4) is 0 Å². The van der Waals surface area contributed by atoms with E-state index >= 15 is 0 Å². The molecule has 0 atom stereocenters. The van der Waals surface area contributed by atoms with Crippen molar-refractivity contribution in [3.05, 3.63) is 0 Å². The molecule has 0 radical (unpaired) electrons. The highest BCUT2D eigenvalue weighted by atomic mass is 35.5. The van der Waals surface area contributed by atoms with Gasteiger partial charge in [-0.25, -0.2) is 8.78 Å². The van der Waals surface area contributed by atoms with Crippen molar-refractivity contribution in [3.8, 4) is 0 Å². The summed E-state index contributed by atoms with van der Waals surface area (Å²) in [5.41, 5.74) is 5.09. The molecule has 0 unspecified atom stereocenters. The average molecular weight is 215 g/mol. The summed E-state index contributed by atoms with van der Waals surface area (Å²) in [5, 5.41) is 0. The molecule has 0 aromatic heterocycles. The van der Waals surface area contributed by atoms with E-state index in [9.17, 15) is 13.6 Å². The molecule has 78 valence electrons. The number of likely N-dealkylation sites (tertiary alicyclic amines) is 1. The van der Waals surface area contributed by atoms with Crippen molar-refractivity contribution in [2.75, 3.05) is 19.6 Å². The maximum absolute atomic E-state index is 12.6. The third kappa shape index (κ3) is 3.44. The van der Waals surface area contributed by atoms with Crippen LogP contribution >= 0.6 is 12.4 Å². The van der Waals surface area contributed by atoms with Gasteiger partial charge in [0.2, 0.25) is 5.91 Å². The van der Waals surface area contributed by atoms with Crippen LogP contribution in [0, 0.1) is 0 Å². The van der Waals surface area contributed by atoms with E-state index in [2.05, 4.69) is 0 Å². The molecule has 6 heteroatoms. The van der Waals surface area contributed by atoms with Gasteiger partial charge < -0.3 is 10.6 Å². The smallest absolute Gasteiger partial charge is 0.251 e. The van der Waals surface area contributed by atoms with E-state index in [-0.39, 0.29) is 50.8 Å². The van der Waals surface area contributed by atoms with Gasteiger partial charge in [-0.2, -0.15) is 0 Å². The molecule has 0 aromatic carbocycles. The van der Waals surface area contributed by atoms with Gasteiger partial charge in [-0.3, -0.25) is 4.79 Å². The Kier molecular flexibility index (Phi) is 4.56. The minimum Gasteiger partial charge on any atom is -0.341 e. The van der Waals surface area contributed by atoms with Crippen LogP contribution in [0.25, 0.3) is 0 Å². The number of piperidine rings is 1. The van der Waals surface area contributed by atoms with Crippen molar-refractivity contribution in [3.63, 3.8) is 0 Å². The number of alkyl halides is 2. The fraction of sp³-hybridized carbons (Fsp3) is 0.857. The number of hydrogen-bond acceptors (Lipinski definition) is 2. The third-order valence-corrected chi connectivity index (χ3v) is 2.02. The molecule has 1 saturated heterocycles. The minimum absolute atomic E-state index is 0. The highest BCUT2D eigenvalue weighted by Gasteiger charge is 2.35. The van der Waals surface area contributed by atoms with Crippen LogP contribution in [0.5, 0.6) is 0 Å². The summed E-state index contributed by atoms with van der Waals surface area (Å²) >= 11 is 0. The lowest BCUT2D eigenvalue weighted by atomic mass is 10.1. The van der Waals surface area contributed by atoms with Crippen molar-refractivity contribution in [1.82, 2.24) is 4.90 Å². The Morgan fingerprint density at radius 3 is 2.23 bits per heavy atom. The van der Waals surface area contributed by atoms with E-state index in [1.54, 1.807) is 0 Å². The summed E-state index contributed by atoms with van der Waals surface area (Å²) in [7, 11) is 0. The van der Waals surface area contributed by atoms with Crippen molar-refractivity contribution in [2.45, 2.75) is 18.8 Å². The van der Waals surface area contributed by atoms with Crippen LogP contribution in [0.4, 0.5) is 8.78 Å². The van der Waals surface area contributed by atoms with E-state index in [0.717, 1.165) is 0 Å². The third-order valence-electron chi connectivity index (χ3n) is 2.02. The Balaban J connectivity index is 0.00000144. The van der Waals surface area contributed by atoms with Gasteiger partial charge in [0.05, 0.1) is 6.54 Å². The van der Waals surface area contributed by atoms with Crippen LogP contribution in [0.15, 0.2) is 0 Å². The minimum atomic E-state index is -2.59. The molecule has 3 nitrogen and oxygen atoms in total. The summed E-state index contributed by atoms with van der Waals surface area (Å²) in [6.07, 6.45) is -0.475. The van der Waals surface area contributed by atoms with Gasteiger partial charge in [-0.15, -0.1) is 12.4 Å². The molecular weight excluding hydrogens is 202 g/mol. The second-order valence-corrected chi connectivity index (χ2v) is 2.94. The highest BCUT2D eigenvalue weighted by Crippen LogP contribution is 2.27. The van der Waals surface area contributed by atoms with Gasteiger partial charge in [0.15, 0.2) is 0 Å². The second kappa shape index (κ2) is 4.72. The lowest BCUT2D eigenvalue weighted by molar-refractivity contribution is -0.135. The summed E-state index contributed by atoms with van der Waals surface area (Å²) < 4.78 is 25.2. The first-order valence-corrected chi connectivity index (χ1v) is 3.91. The van der Waals surface area contributed by atoms with E-state index < -0.39 is 5.92 Å². The lowest BCUT2D eigenvalue weighted by Gasteiger charge is -2.31. The zero-order chi connectivity index (χ0) is 9.19. The van der Waals surface area contributed by atoms with Gasteiger partial charge in [0.1, 0.15) is 0 Å². The zero-order valence-corrected chi connectivity index (χ0v) is 7.95. The van der Waals surface area contributed by atoms with Crippen LogP contribution in [0.1, 0.15) is 12.8 Å². The second-order valence-electron chi connectivity index (χ2n) is 2.94. The molecule has 0 bridgehead atoms. The molecule has 13 heavy (non-hydrogen) atoms. The van der Waals surface area contributed by atoms with Crippen LogP contribution in [-0.4, -0.2) is 36.4 Å². The predicted molar refractivity (Wildman–Crippen MR) is 47.1 cm³/mol. The number of carbonyl (C=O) groups is 1. The Bertz CT molecular complexity index is 179. The molecule has 0 aliphatic carbocycles. The molecule has 1 aliphatic rings. The Morgan fingerprint density at radius 2 is 1.85 bits per heavy atom. The molecule has 0 saturated carbocycles. The SMILES string of the molecule is Cl.NCC(=O)N1CCC(F)(F)CC1. The topological polar surface area (TPSA) is 46.3 Å². The normalized spacial score (nSPS) is 20.7. The van der Waals surface area contributed by atoms with Gasteiger partial charge >= 0.3 is 0 Å². The number of carbonyl (C=O) groups excluding carboxylic acids is 1. The first-order valence-electron chi connectivity index (χ1n) is 3.91. The number of hydrogen-bond donors (Lipinski definition) is 1. The van der Waals surface area contributed by atoms with E-state index in [1.165, 1.54) is 4.90 Å². The summed E-state index contributed by atoms with van der Waals surface area (Å²) in [6, 6.07) is 0. The van der Waals surface area contributed by atoms with Crippen LogP contribution < -0.4 is 5.73 Å². The number of amides is 1. The van der Waals surface area contributed by atoms with Gasteiger partial charge in [0.25, 0.3) is 5.92 Å². The molecule has 1 fully saturated rings. The molecule has 1 rings (SSSR count). The van der Waals surface area contributed by atoms with Gasteiger partial charge in [-0.05, 0) is 0 Å². The zero-order valence-electron chi connectivity index (χ0n) is 7.13. The number of halogens is 3. The molecule has 0 spiro atoms. The van der Waals surface area contributed by atoms with Crippen molar-refractivity contribution < 1.29 is 13.6 Å². The van der Waals surface area contributed by atoms with E-state index in [0.29, 0.717) is 0 Å². The molecule has 2 N–H and O–H groups in total. The van der Waals surface area contributed by atoms with Crippen LogP contribution in [0.2, 0.25) is 0 Å². The molecule has 1 heterocycles. The lowest BCUT2D eigenvalue weighted by Crippen LogP contribution is -2.45.